The van der Waals surface area contributed by atoms with Gasteiger partial charge in [-0.2, -0.15) is 0 Å². The topological polar surface area (TPSA) is 51.3 Å². The molecule has 1 heterocycles. The zero-order chi connectivity index (χ0) is 19.5. The molecule has 0 aliphatic rings. The van der Waals surface area contributed by atoms with Gasteiger partial charge in [0.2, 0.25) is 0 Å². The van der Waals surface area contributed by atoms with Crippen molar-refractivity contribution in [2.45, 2.75) is 6.61 Å². The van der Waals surface area contributed by atoms with Crippen molar-refractivity contribution < 1.29 is 13.9 Å². The average molecular weight is 375 g/mol. The van der Waals surface area contributed by atoms with E-state index in [0.717, 1.165) is 5.56 Å². The Balaban J connectivity index is 1.76. The summed E-state index contributed by atoms with van der Waals surface area (Å²) in [5, 5.41) is 0.476. The van der Waals surface area contributed by atoms with Crippen molar-refractivity contribution in [3.8, 4) is 22.8 Å². The van der Waals surface area contributed by atoms with Crippen molar-refractivity contribution in [2.24, 2.45) is 0 Å². The van der Waals surface area contributed by atoms with Gasteiger partial charge in [0, 0.05) is 28.8 Å². The summed E-state index contributed by atoms with van der Waals surface area (Å²) in [6, 6.07) is 20.7. The number of nitrogens with one attached hydrogen (secondary N) is 1. The van der Waals surface area contributed by atoms with Crippen molar-refractivity contribution in [2.75, 3.05) is 7.11 Å². The minimum absolute atomic E-state index is 0.180. The number of rotatable bonds is 5. The first kappa shape index (κ1) is 17.8. The molecular weight excluding hydrogens is 357 g/mol. The number of H-pyrrole nitrogens is 1. The first-order valence-electron chi connectivity index (χ1n) is 8.82. The Hall–Kier alpha value is -3.60. The molecule has 0 radical (unpaired) electrons. The van der Waals surface area contributed by atoms with E-state index >= 15 is 0 Å². The second-order valence-electron chi connectivity index (χ2n) is 6.38. The zero-order valence-corrected chi connectivity index (χ0v) is 15.2. The van der Waals surface area contributed by atoms with E-state index in [1.165, 1.54) is 25.3 Å². The molecule has 0 aliphatic heterocycles. The average Bonchev–Trinajstić information content (AvgIpc) is 2.72. The maximum Gasteiger partial charge on any atom is 0.190 e. The molecule has 4 aromatic rings. The highest BCUT2D eigenvalue weighted by molar-refractivity contribution is 5.85. The highest BCUT2D eigenvalue weighted by Gasteiger charge is 2.12. The molecule has 5 heteroatoms. The van der Waals surface area contributed by atoms with Crippen LogP contribution in [0.2, 0.25) is 0 Å². The van der Waals surface area contributed by atoms with Crippen molar-refractivity contribution in [3.05, 3.63) is 94.4 Å². The third-order valence-electron chi connectivity index (χ3n) is 4.49. The first-order chi connectivity index (χ1) is 13.6. The highest BCUT2D eigenvalue weighted by Crippen LogP contribution is 2.32. The predicted octanol–water partition coefficient (Wildman–Crippen LogP) is 4.92. The number of hydrogen-bond acceptors (Lipinski definition) is 3. The summed E-state index contributed by atoms with van der Waals surface area (Å²) in [7, 11) is 1.53. The molecule has 0 fully saturated rings. The second kappa shape index (κ2) is 7.56. The number of aromatic nitrogens is 1. The molecule has 0 bridgehead atoms. The van der Waals surface area contributed by atoms with Gasteiger partial charge < -0.3 is 14.5 Å². The zero-order valence-electron chi connectivity index (χ0n) is 15.2. The smallest absolute Gasteiger partial charge is 0.190 e. The maximum atomic E-state index is 13.6. The SMILES string of the molecule is COc1cc2c(=O)cc(-c3cccc(F)c3)[nH]c2cc1OCc1ccccc1. The molecule has 0 atom stereocenters. The van der Waals surface area contributed by atoms with E-state index in [1.54, 1.807) is 24.3 Å². The van der Waals surface area contributed by atoms with Gasteiger partial charge in [-0.3, -0.25) is 4.79 Å². The fraction of sp³-hybridized carbons (Fsp3) is 0.0870. The van der Waals surface area contributed by atoms with E-state index in [-0.39, 0.29) is 11.2 Å². The molecule has 0 aliphatic carbocycles. The van der Waals surface area contributed by atoms with Crippen LogP contribution in [-0.2, 0) is 6.61 Å². The van der Waals surface area contributed by atoms with E-state index in [4.69, 9.17) is 9.47 Å². The largest absolute Gasteiger partial charge is 0.493 e. The van der Waals surface area contributed by atoms with Crippen LogP contribution in [-0.4, -0.2) is 12.1 Å². The van der Waals surface area contributed by atoms with Gasteiger partial charge in [-0.05, 0) is 23.8 Å². The standard InChI is InChI=1S/C23H18FNO3/c1-27-22-11-18-20(13-23(22)28-14-15-6-3-2-4-7-15)25-19(12-21(18)26)16-8-5-9-17(24)10-16/h2-13H,14H2,1H3,(H,25,26). The van der Waals surface area contributed by atoms with E-state index < -0.39 is 0 Å². The summed E-state index contributed by atoms with van der Waals surface area (Å²) < 4.78 is 24.9. The third kappa shape index (κ3) is 3.60. The molecule has 1 aromatic heterocycles. The Morgan fingerprint density at radius 1 is 0.929 bits per heavy atom. The van der Waals surface area contributed by atoms with Crippen LogP contribution in [0.3, 0.4) is 0 Å². The van der Waals surface area contributed by atoms with Crippen LogP contribution in [0.5, 0.6) is 11.5 Å². The van der Waals surface area contributed by atoms with Crippen LogP contribution in [0.25, 0.3) is 22.2 Å². The van der Waals surface area contributed by atoms with Crippen LogP contribution in [0.4, 0.5) is 4.39 Å². The molecule has 0 unspecified atom stereocenters. The van der Waals surface area contributed by atoms with Crippen LogP contribution in [0.1, 0.15) is 5.56 Å². The summed E-state index contributed by atoms with van der Waals surface area (Å²) in [6.07, 6.45) is 0. The van der Waals surface area contributed by atoms with Gasteiger partial charge in [-0.15, -0.1) is 0 Å². The lowest BCUT2D eigenvalue weighted by Gasteiger charge is -2.13. The second-order valence-corrected chi connectivity index (χ2v) is 6.38. The van der Waals surface area contributed by atoms with Crippen molar-refractivity contribution >= 4 is 10.9 Å². The van der Waals surface area contributed by atoms with Gasteiger partial charge in [0.05, 0.1) is 12.6 Å². The fourth-order valence-corrected chi connectivity index (χ4v) is 3.08. The van der Waals surface area contributed by atoms with Gasteiger partial charge in [0.15, 0.2) is 16.9 Å². The van der Waals surface area contributed by atoms with E-state index in [9.17, 15) is 9.18 Å². The Labute approximate surface area is 161 Å². The Bertz CT molecular complexity index is 1190. The summed E-state index contributed by atoms with van der Waals surface area (Å²) >= 11 is 0. The minimum atomic E-state index is -0.361. The van der Waals surface area contributed by atoms with Gasteiger partial charge in [-0.25, -0.2) is 4.39 Å². The number of aromatic amines is 1. The Kier molecular flexibility index (Phi) is 4.81. The number of pyridine rings is 1. The molecule has 3 aromatic carbocycles. The number of fused-ring (bicyclic) bond motifs is 1. The van der Waals surface area contributed by atoms with Crippen LogP contribution in [0.15, 0.2) is 77.6 Å². The molecule has 0 spiro atoms. The predicted molar refractivity (Wildman–Crippen MR) is 107 cm³/mol. The number of halogens is 1. The molecule has 1 N–H and O–H groups in total. The van der Waals surface area contributed by atoms with E-state index in [0.29, 0.717) is 40.3 Å². The van der Waals surface area contributed by atoms with Gasteiger partial charge in [-0.1, -0.05) is 42.5 Å². The van der Waals surface area contributed by atoms with Crippen LogP contribution >= 0.6 is 0 Å². The van der Waals surface area contributed by atoms with Crippen molar-refractivity contribution in [3.63, 3.8) is 0 Å². The maximum absolute atomic E-state index is 13.6. The van der Waals surface area contributed by atoms with Crippen molar-refractivity contribution in [1.82, 2.24) is 4.98 Å². The summed E-state index contributed by atoms with van der Waals surface area (Å²) in [4.78, 5) is 15.8. The fourth-order valence-electron chi connectivity index (χ4n) is 3.08. The third-order valence-corrected chi connectivity index (χ3v) is 4.49. The Morgan fingerprint density at radius 2 is 1.75 bits per heavy atom. The molecule has 0 saturated carbocycles. The van der Waals surface area contributed by atoms with E-state index in [2.05, 4.69) is 4.98 Å². The monoisotopic (exact) mass is 375 g/mol. The van der Waals surface area contributed by atoms with Crippen molar-refractivity contribution in [1.29, 1.82) is 0 Å². The number of benzene rings is 3. The number of methoxy groups -OCH3 is 1. The molecule has 0 amide bonds. The van der Waals surface area contributed by atoms with Gasteiger partial charge in [0.1, 0.15) is 12.4 Å². The summed E-state index contributed by atoms with van der Waals surface area (Å²) in [5.74, 6) is 0.637. The van der Waals surface area contributed by atoms with Gasteiger partial charge >= 0.3 is 0 Å². The molecular formula is C23H18FNO3. The quantitative estimate of drug-likeness (QED) is 0.539. The normalized spacial score (nSPS) is 10.8. The highest BCUT2D eigenvalue weighted by atomic mass is 19.1. The molecule has 0 saturated heterocycles. The molecule has 28 heavy (non-hydrogen) atoms. The lowest BCUT2D eigenvalue weighted by molar-refractivity contribution is 0.285. The lowest BCUT2D eigenvalue weighted by atomic mass is 10.1. The number of ether oxygens (including phenoxy) is 2. The molecule has 4 rings (SSSR count). The van der Waals surface area contributed by atoms with Crippen LogP contribution in [0, 0.1) is 5.82 Å². The van der Waals surface area contributed by atoms with Gasteiger partial charge in [0.25, 0.3) is 0 Å². The molecule has 4 nitrogen and oxygen atoms in total. The first-order valence-corrected chi connectivity index (χ1v) is 8.82. The Morgan fingerprint density at radius 3 is 2.50 bits per heavy atom. The minimum Gasteiger partial charge on any atom is -0.493 e. The summed E-state index contributed by atoms with van der Waals surface area (Å²) in [5.41, 5.74) is 2.57. The van der Waals surface area contributed by atoms with Crippen LogP contribution < -0.4 is 14.9 Å². The lowest BCUT2D eigenvalue weighted by Crippen LogP contribution is -2.05. The van der Waals surface area contributed by atoms with E-state index in [1.807, 2.05) is 30.3 Å². The molecule has 140 valence electrons. The number of hydrogen-bond donors (Lipinski definition) is 1. The summed E-state index contributed by atoms with van der Waals surface area (Å²) in [6.45, 7) is 0.372.